The van der Waals surface area contributed by atoms with Crippen molar-refractivity contribution in [3.8, 4) is 6.07 Å². The summed E-state index contributed by atoms with van der Waals surface area (Å²) in [4.78, 5) is 10.2. The van der Waals surface area contributed by atoms with Gasteiger partial charge in [0.1, 0.15) is 5.54 Å². The molecule has 0 aliphatic heterocycles. The summed E-state index contributed by atoms with van der Waals surface area (Å²) in [6.07, 6.45) is 0. The molecule has 2 rings (SSSR count). The molecule has 0 heterocycles. The van der Waals surface area contributed by atoms with E-state index in [0.717, 1.165) is 5.56 Å². The van der Waals surface area contributed by atoms with Gasteiger partial charge in [0, 0.05) is 18.7 Å². The number of rotatable bonds is 5. The highest BCUT2D eigenvalue weighted by Gasteiger charge is 2.26. The van der Waals surface area contributed by atoms with Gasteiger partial charge < -0.3 is 0 Å². The summed E-state index contributed by atoms with van der Waals surface area (Å²) in [6.45, 7) is 2.30. The van der Waals surface area contributed by atoms with Crippen LogP contribution in [-0.2, 0) is 12.1 Å². The van der Waals surface area contributed by atoms with Crippen LogP contribution in [0.25, 0.3) is 0 Å². The molecule has 1 atom stereocenters. The second kappa shape index (κ2) is 6.16. The Balaban J connectivity index is 2.17. The minimum Gasteiger partial charge on any atom is -0.292 e. The summed E-state index contributed by atoms with van der Waals surface area (Å²) < 4.78 is 0. The first-order valence-electron chi connectivity index (χ1n) is 6.50. The first-order chi connectivity index (χ1) is 10.0. The molecule has 21 heavy (non-hydrogen) atoms. The maximum Gasteiger partial charge on any atom is 0.269 e. The van der Waals surface area contributed by atoms with E-state index in [1.807, 2.05) is 30.3 Å². The van der Waals surface area contributed by atoms with E-state index in [2.05, 4.69) is 11.4 Å². The van der Waals surface area contributed by atoms with Crippen LogP contribution in [0.3, 0.4) is 0 Å². The number of nitrogens with zero attached hydrogens (tertiary/aromatic N) is 2. The van der Waals surface area contributed by atoms with Gasteiger partial charge in [0.2, 0.25) is 0 Å². The predicted octanol–water partition coefficient (Wildman–Crippen LogP) is 3.12. The van der Waals surface area contributed by atoms with Crippen molar-refractivity contribution in [2.45, 2.75) is 19.0 Å². The lowest BCUT2D eigenvalue weighted by Crippen LogP contribution is -2.37. The fourth-order valence-corrected chi connectivity index (χ4v) is 2.00. The lowest BCUT2D eigenvalue weighted by atomic mass is 9.93. The van der Waals surface area contributed by atoms with Gasteiger partial charge in [-0.15, -0.1) is 0 Å². The van der Waals surface area contributed by atoms with Crippen molar-refractivity contribution in [3.05, 3.63) is 75.8 Å². The lowest BCUT2D eigenvalue weighted by Gasteiger charge is -2.23. The van der Waals surface area contributed by atoms with Crippen LogP contribution in [0, 0.1) is 21.4 Å². The van der Waals surface area contributed by atoms with Crippen LogP contribution < -0.4 is 5.32 Å². The quantitative estimate of drug-likeness (QED) is 0.674. The monoisotopic (exact) mass is 281 g/mol. The third-order valence-corrected chi connectivity index (χ3v) is 3.37. The Kier molecular flexibility index (Phi) is 4.31. The molecule has 5 nitrogen and oxygen atoms in total. The van der Waals surface area contributed by atoms with Crippen LogP contribution in [0.1, 0.15) is 18.1 Å². The van der Waals surface area contributed by atoms with Crippen molar-refractivity contribution < 1.29 is 4.92 Å². The molecule has 0 radical (unpaired) electrons. The molecule has 5 heteroatoms. The number of nitro groups is 1. The normalized spacial score (nSPS) is 13.1. The summed E-state index contributed by atoms with van der Waals surface area (Å²) >= 11 is 0. The molecule has 2 aromatic rings. The minimum atomic E-state index is -0.898. The van der Waals surface area contributed by atoms with E-state index in [4.69, 9.17) is 0 Å². The van der Waals surface area contributed by atoms with Gasteiger partial charge in [-0.3, -0.25) is 15.4 Å². The van der Waals surface area contributed by atoms with Gasteiger partial charge in [-0.1, -0.05) is 30.3 Å². The molecular weight excluding hydrogens is 266 g/mol. The van der Waals surface area contributed by atoms with Gasteiger partial charge in [0.15, 0.2) is 0 Å². The third-order valence-electron chi connectivity index (χ3n) is 3.37. The lowest BCUT2D eigenvalue weighted by molar-refractivity contribution is -0.384. The first kappa shape index (κ1) is 14.7. The maximum atomic E-state index is 10.7. The molecule has 0 saturated carbocycles. The highest BCUT2D eigenvalue weighted by molar-refractivity contribution is 5.38. The van der Waals surface area contributed by atoms with E-state index in [0.29, 0.717) is 12.1 Å². The number of non-ortho nitro benzene ring substituents is 1. The molecule has 0 spiro atoms. The van der Waals surface area contributed by atoms with E-state index >= 15 is 0 Å². The smallest absolute Gasteiger partial charge is 0.269 e. The minimum absolute atomic E-state index is 0.0158. The fraction of sp³-hybridized carbons (Fsp3) is 0.188. The molecule has 106 valence electrons. The number of nitro benzene ring substituents is 1. The van der Waals surface area contributed by atoms with Gasteiger partial charge in [0.25, 0.3) is 5.69 Å². The number of nitriles is 1. The zero-order valence-corrected chi connectivity index (χ0v) is 11.6. The molecule has 0 saturated heterocycles. The zero-order chi connectivity index (χ0) is 15.3. The molecule has 0 aliphatic rings. The topological polar surface area (TPSA) is 79.0 Å². The van der Waals surface area contributed by atoms with Crippen LogP contribution in [0.5, 0.6) is 0 Å². The largest absolute Gasteiger partial charge is 0.292 e. The molecule has 2 aromatic carbocycles. The van der Waals surface area contributed by atoms with Gasteiger partial charge >= 0.3 is 0 Å². The van der Waals surface area contributed by atoms with E-state index in [-0.39, 0.29) is 5.69 Å². The first-order valence-corrected chi connectivity index (χ1v) is 6.50. The maximum absolute atomic E-state index is 10.7. The Morgan fingerprint density at radius 3 is 2.33 bits per heavy atom. The Labute approximate surface area is 123 Å². The number of nitrogens with one attached hydrogen (secondary N) is 1. The van der Waals surface area contributed by atoms with Crippen molar-refractivity contribution in [2.24, 2.45) is 0 Å². The average molecular weight is 281 g/mol. The van der Waals surface area contributed by atoms with E-state index in [1.54, 1.807) is 19.1 Å². The van der Waals surface area contributed by atoms with Crippen molar-refractivity contribution >= 4 is 5.69 Å². The average Bonchev–Trinajstić information content (AvgIpc) is 2.53. The van der Waals surface area contributed by atoms with Gasteiger partial charge in [-0.05, 0) is 30.2 Å². The molecule has 0 aromatic heterocycles. The van der Waals surface area contributed by atoms with Crippen LogP contribution in [-0.4, -0.2) is 4.92 Å². The molecule has 0 unspecified atom stereocenters. The molecule has 0 amide bonds. The van der Waals surface area contributed by atoms with Crippen molar-refractivity contribution in [3.63, 3.8) is 0 Å². The van der Waals surface area contributed by atoms with Gasteiger partial charge in [-0.2, -0.15) is 5.26 Å². The number of benzene rings is 2. The Bertz CT molecular complexity index is 662. The van der Waals surface area contributed by atoms with E-state index < -0.39 is 10.5 Å². The zero-order valence-electron chi connectivity index (χ0n) is 11.6. The Morgan fingerprint density at radius 2 is 1.81 bits per heavy atom. The molecule has 0 aliphatic carbocycles. The highest BCUT2D eigenvalue weighted by atomic mass is 16.6. The molecular formula is C16H15N3O2. The van der Waals surface area contributed by atoms with Gasteiger partial charge in [0.05, 0.1) is 11.0 Å². The van der Waals surface area contributed by atoms with Crippen LogP contribution in [0.4, 0.5) is 5.69 Å². The second-order valence-electron chi connectivity index (χ2n) is 4.88. The van der Waals surface area contributed by atoms with Crippen LogP contribution in [0.2, 0.25) is 0 Å². The predicted molar refractivity (Wildman–Crippen MR) is 79.3 cm³/mol. The summed E-state index contributed by atoms with van der Waals surface area (Å²) in [6, 6.07) is 18.0. The van der Waals surface area contributed by atoms with Crippen molar-refractivity contribution in [1.82, 2.24) is 5.32 Å². The molecule has 0 bridgehead atoms. The SMILES string of the molecule is C[C@@](C#N)(NCc1ccccc1)c1ccc([N+](=O)[O-])cc1. The van der Waals surface area contributed by atoms with Gasteiger partial charge in [-0.25, -0.2) is 0 Å². The summed E-state index contributed by atoms with van der Waals surface area (Å²) in [7, 11) is 0. The number of hydrogen-bond donors (Lipinski definition) is 1. The number of hydrogen-bond acceptors (Lipinski definition) is 4. The standard InChI is InChI=1S/C16H15N3O2/c1-16(12-17,18-11-13-5-3-2-4-6-13)14-7-9-15(10-8-14)19(20)21/h2-10,18H,11H2,1H3/t16-/m0/s1. The summed E-state index contributed by atoms with van der Waals surface area (Å²) in [5, 5.41) is 23.3. The summed E-state index contributed by atoms with van der Waals surface area (Å²) in [5.74, 6) is 0. The second-order valence-corrected chi connectivity index (χ2v) is 4.88. The van der Waals surface area contributed by atoms with E-state index in [1.165, 1.54) is 12.1 Å². The highest BCUT2D eigenvalue weighted by Crippen LogP contribution is 2.23. The fourth-order valence-electron chi connectivity index (χ4n) is 2.00. The van der Waals surface area contributed by atoms with Crippen LogP contribution >= 0.6 is 0 Å². The van der Waals surface area contributed by atoms with Crippen molar-refractivity contribution in [1.29, 1.82) is 5.26 Å². The van der Waals surface area contributed by atoms with E-state index in [9.17, 15) is 15.4 Å². The molecule has 0 fully saturated rings. The third kappa shape index (κ3) is 3.44. The Morgan fingerprint density at radius 1 is 1.19 bits per heavy atom. The Hall–Kier alpha value is -2.71. The van der Waals surface area contributed by atoms with Crippen molar-refractivity contribution in [2.75, 3.05) is 0 Å². The summed E-state index contributed by atoms with van der Waals surface area (Å²) in [5.41, 5.74) is 0.889. The molecule has 1 N–H and O–H groups in total. The van der Waals surface area contributed by atoms with Crippen LogP contribution in [0.15, 0.2) is 54.6 Å².